The Morgan fingerprint density at radius 3 is 2.33 bits per heavy atom. The van der Waals surface area contributed by atoms with E-state index in [9.17, 15) is 12.8 Å². The molecule has 0 spiro atoms. The lowest BCUT2D eigenvalue weighted by Crippen LogP contribution is -2.01. The van der Waals surface area contributed by atoms with E-state index >= 15 is 0 Å². The highest BCUT2D eigenvalue weighted by Gasteiger charge is 2.06. The number of halogens is 1. The molecule has 1 N–H and O–H groups in total. The van der Waals surface area contributed by atoms with Crippen molar-refractivity contribution >= 4 is 15.5 Å². The van der Waals surface area contributed by atoms with E-state index in [0.717, 1.165) is 17.5 Å². The molecular formula is C15H16FNO3S. The minimum Gasteiger partial charge on any atom is -0.494 e. The first kappa shape index (κ1) is 15.3. The normalized spacial score (nSPS) is 11.2. The van der Waals surface area contributed by atoms with Gasteiger partial charge in [-0.1, -0.05) is 6.07 Å². The molecule has 4 nitrogen and oxygen atoms in total. The number of benzene rings is 2. The molecule has 0 aliphatic carbocycles. The van der Waals surface area contributed by atoms with Crippen LogP contribution in [0.3, 0.4) is 0 Å². The van der Waals surface area contributed by atoms with E-state index in [4.69, 9.17) is 4.74 Å². The minimum absolute atomic E-state index is 0.205. The fraction of sp³-hybridized carbons (Fsp3) is 0.200. The average Bonchev–Trinajstić information content (AvgIpc) is 2.45. The zero-order valence-electron chi connectivity index (χ0n) is 11.8. The van der Waals surface area contributed by atoms with Crippen LogP contribution in [0.4, 0.5) is 10.1 Å². The Balaban J connectivity index is 2.05. The summed E-state index contributed by atoms with van der Waals surface area (Å²) in [7, 11) is -1.77. The molecule has 6 heteroatoms. The van der Waals surface area contributed by atoms with E-state index < -0.39 is 15.7 Å². The van der Waals surface area contributed by atoms with Gasteiger partial charge in [0.15, 0.2) is 21.4 Å². The Morgan fingerprint density at radius 2 is 1.81 bits per heavy atom. The van der Waals surface area contributed by atoms with Crippen molar-refractivity contribution in [2.45, 2.75) is 11.4 Å². The van der Waals surface area contributed by atoms with Crippen molar-refractivity contribution in [2.24, 2.45) is 0 Å². The number of hydrogen-bond donors (Lipinski definition) is 1. The van der Waals surface area contributed by atoms with Crippen molar-refractivity contribution in [1.82, 2.24) is 0 Å². The molecule has 0 aliphatic heterocycles. The molecule has 0 aromatic heterocycles. The number of hydrogen-bond acceptors (Lipinski definition) is 4. The number of ether oxygens (including phenoxy) is 1. The highest BCUT2D eigenvalue weighted by molar-refractivity contribution is 7.90. The summed E-state index contributed by atoms with van der Waals surface area (Å²) in [4.78, 5) is 0.267. The molecule has 0 bridgehead atoms. The summed E-state index contributed by atoms with van der Waals surface area (Å²) < 4.78 is 41.1. The van der Waals surface area contributed by atoms with E-state index in [1.165, 1.54) is 25.3 Å². The largest absolute Gasteiger partial charge is 0.494 e. The highest BCUT2D eigenvalue weighted by Crippen LogP contribution is 2.19. The lowest BCUT2D eigenvalue weighted by molar-refractivity contribution is 0.386. The molecule has 112 valence electrons. The average molecular weight is 309 g/mol. The van der Waals surface area contributed by atoms with Crippen LogP contribution in [-0.2, 0) is 16.4 Å². The topological polar surface area (TPSA) is 55.4 Å². The van der Waals surface area contributed by atoms with Crippen molar-refractivity contribution in [2.75, 3.05) is 18.7 Å². The molecule has 0 unspecified atom stereocenters. The van der Waals surface area contributed by atoms with Crippen LogP contribution in [0.2, 0.25) is 0 Å². The molecule has 2 aromatic rings. The van der Waals surface area contributed by atoms with Gasteiger partial charge in [-0.3, -0.25) is 0 Å². The van der Waals surface area contributed by atoms with Gasteiger partial charge in [0.25, 0.3) is 0 Å². The molecular weight excluding hydrogens is 293 g/mol. The molecule has 0 amide bonds. The van der Waals surface area contributed by atoms with Crippen molar-refractivity contribution < 1.29 is 17.5 Å². The minimum atomic E-state index is -3.19. The van der Waals surface area contributed by atoms with Gasteiger partial charge in [0, 0.05) is 18.5 Å². The molecule has 2 rings (SSSR count). The molecule has 0 aliphatic rings. The third-order valence-corrected chi connectivity index (χ3v) is 4.12. The number of sulfone groups is 1. The summed E-state index contributed by atoms with van der Waals surface area (Å²) in [6, 6.07) is 11.2. The summed E-state index contributed by atoms with van der Waals surface area (Å²) >= 11 is 0. The van der Waals surface area contributed by atoms with E-state index in [1.54, 1.807) is 24.3 Å². The maximum Gasteiger partial charge on any atom is 0.175 e. The maximum absolute atomic E-state index is 13.5. The van der Waals surface area contributed by atoms with Crippen LogP contribution >= 0.6 is 0 Å². The van der Waals surface area contributed by atoms with Crippen LogP contribution in [0, 0.1) is 5.82 Å². The van der Waals surface area contributed by atoms with E-state index in [0.29, 0.717) is 6.54 Å². The molecule has 0 fully saturated rings. The first-order valence-electron chi connectivity index (χ1n) is 6.26. The summed E-state index contributed by atoms with van der Waals surface area (Å²) in [5.41, 5.74) is 1.53. The molecule has 0 atom stereocenters. The predicted molar refractivity (Wildman–Crippen MR) is 79.8 cm³/mol. The lowest BCUT2D eigenvalue weighted by atomic mass is 10.2. The number of anilines is 1. The van der Waals surface area contributed by atoms with Crippen molar-refractivity contribution in [3.05, 3.63) is 53.8 Å². The first-order chi connectivity index (χ1) is 9.90. The van der Waals surface area contributed by atoms with Crippen LogP contribution in [-0.4, -0.2) is 21.8 Å². The zero-order valence-corrected chi connectivity index (χ0v) is 12.6. The molecule has 0 radical (unpaired) electrons. The van der Waals surface area contributed by atoms with E-state index in [1.807, 2.05) is 0 Å². The second-order valence-corrected chi connectivity index (χ2v) is 6.63. The van der Waals surface area contributed by atoms with Gasteiger partial charge in [-0.25, -0.2) is 12.8 Å². The van der Waals surface area contributed by atoms with Crippen LogP contribution in [0.5, 0.6) is 5.75 Å². The maximum atomic E-state index is 13.5. The van der Waals surface area contributed by atoms with Gasteiger partial charge in [-0.15, -0.1) is 0 Å². The van der Waals surface area contributed by atoms with Crippen LogP contribution in [0.25, 0.3) is 0 Å². The molecule has 21 heavy (non-hydrogen) atoms. The quantitative estimate of drug-likeness (QED) is 0.923. The second kappa shape index (κ2) is 6.13. The number of rotatable bonds is 5. The van der Waals surface area contributed by atoms with E-state index in [-0.39, 0.29) is 10.6 Å². The van der Waals surface area contributed by atoms with Crippen molar-refractivity contribution in [3.8, 4) is 5.75 Å². The van der Waals surface area contributed by atoms with Crippen LogP contribution in [0.15, 0.2) is 47.4 Å². The Bertz CT molecular complexity index is 727. The van der Waals surface area contributed by atoms with Gasteiger partial charge in [0.1, 0.15) is 0 Å². The van der Waals surface area contributed by atoms with Crippen LogP contribution in [0.1, 0.15) is 5.56 Å². The standard InChI is InChI=1S/C15H16FNO3S/c1-20-15-8-3-11(9-14(15)16)10-17-12-4-6-13(7-5-12)21(2,18)19/h3-9,17H,10H2,1-2H3. The van der Waals surface area contributed by atoms with Gasteiger partial charge in [-0.05, 0) is 42.0 Å². The molecule has 0 saturated carbocycles. The zero-order chi connectivity index (χ0) is 15.5. The summed E-state index contributed by atoms with van der Waals surface area (Å²) in [6.07, 6.45) is 1.16. The number of nitrogens with one attached hydrogen (secondary N) is 1. The second-order valence-electron chi connectivity index (χ2n) is 4.62. The fourth-order valence-electron chi connectivity index (χ4n) is 1.84. The van der Waals surface area contributed by atoms with Gasteiger partial charge in [0.05, 0.1) is 12.0 Å². The monoisotopic (exact) mass is 309 g/mol. The Morgan fingerprint density at radius 1 is 1.14 bits per heavy atom. The Labute approximate surface area is 123 Å². The van der Waals surface area contributed by atoms with Crippen molar-refractivity contribution in [1.29, 1.82) is 0 Å². The molecule has 0 heterocycles. The third-order valence-electron chi connectivity index (χ3n) is 3.00. The highest BCUT2D eigenvalue weighted by atomic mass is 32.2. The van der Waals surface area contributed by atoms with Gasteiger partial charge in [-0.2, -0.15) is 0 Å². The summed E-state index contributed by atoms with van der Waals surface area (Å²) in [6.45, 7) is 0.430. The molecule has 2 aromatic carbocycles. The number of methoxy groups -OCH3 is 1. The predicted octanol–water partition coefficient (Wildman–Crippen LogP) is 2.85. The fourth-order valence-corrected chi connectivity index (χ4v) is 2.47. The Kier molecular flexibility index (Phi) is 4.47. The van der Waals surface area contributed by atoms with E-state index in [2.05, 4.69) is 5.32 Å². The SMILES string of the molecule is COc1ccc(CNc2ccc(S(C)(=O)=O)cc2)cc1F. The molecule has 0 saturated heterocycles. The lowest BCUT2D eigenvalue weighted by Gasteiger charge is -2.09. The van der Waals surface area contributed by atoms with Gasteiger partial charge < -0.3 is 10.1 Å². The Hall–Kier alpha value is -2.08. The summed E-state index contributed by atoms with van der Waals surface area (Å²) in [5, 5.41) is 3.10. The van der Waals surface area contributed by atoms with Gasteiger partial charge >= 0.3 is 0 Å². The third kappa shape index (κ3) is 3.95. The van der Waals surface area contributed by atoms with Crippen LogP contribution < -0.4 is 10.1 Å². The van der Waals surface area contributed by atoms with Gasteiger partial charge in [0.2, 0.25) is 0 Å². The summed E-state index contributed by atoms with van der Waals surface area (Å²) in [5.74, 6) is -0.208. The smallest absolute Gasteiger partial charge is 0.175 e. The first-order valence-corrected chi connectivity index (χ1v) is 8.15. The van der Waals surface area contributed by atoms with Crippen molar-refractivity contribution in [3.63, 3.8) is 0 Å².